The Balaban J connectivity index is 1.99. The molecule has 15 heavy (non-hydrogen) atoms. The molecular formula is C12H14O3. The third-order valence-corrected chi connectivity index (χ3v) is 2.42. The molecule has 0 spiro atoms. The molecule has 0 amide bonds. The average molecular weight is 206 g/mol. The van der Waals surface area contributed by atoms with E-state index < -0.39 is 0 Å². The Labute approximate surface area is 89.0 Å². The highest BCUT2D eigenvalue weighted by atomic mass is 16.5. The second-order valence-electron chi connectivity index (χ2n) is 3.65. The van der Waals surface area contributed by atoms with Crippen molar-refractivity contribution in [3.63, 3.8) is 0 Å². The van der Waals surface area contributed by atoms with Crippen LogP contribution in [-0.4, -0.2) is 25.6 Å². The number of carbonyl (C=O) groups excluding carboxylic acids is 1. The van der Waals surface area contributed by atoms with Gasteiger partial charge in [0.15, 0.2) is 0 Å². The highest BCUT2D eigenvalue weighted by molar-refractivity contribution is 5.75. The van der Waals surface area contributed by atoms with Gasteiger partial charge in [0, 0.05) is 12.2 Å². The van der Waals surface area contributed by atoms with Crippen molar-refractivity contribution >= 4 is 6.29 Å². The molecule has 1 aliphatic heterocycles. The molecule has 80 valence electrons. The molecule has 0 aromatic heterocycles. The zero-order chi connectivity index (χ0) is 10.5. The fraction of sp³-hybridized carbons (Fsp3) is 0.417. The van der Waals surface area contributed by atoms with Gasteiger partial charge in [-0.25, -0.2) is 0 Å². The lowest BCUT2D eigenvalue weighted by Crippen LogP contribution is -2.27. The summed E-state index contributed by atoms with van der Waals surface area (Å²) in [5, 5.41) is 0. The third-order valence-electron chi connectivity index (χ3n) is 2.42. The van der Waals surface area contributed by atoms with Gasteiger partial charge >= 0.3 is 0 Å². The van der Waals surface area contributed by atoms with Crippen LogP contribution >= 0.6 is 0 Å². The Bertz CT molecular complexity index is 329. The van der Waals surface area contributed by atoms with Gasteiger partial charge in [0.25, 0.3) is 0 Å². The van der Waals surface area contributed by atoms with Gasteiger partial charge in [-0.15, -0.1) is 0 Å². The summed E-state index contributed by atoms with van der Waals surface area (Å²) in [6.07, 6.45) is 3.01. The Morgan fingerprint density at radius 3 is 3.13 bits per heavy atom. The predicted octanol–water partition coefficient (Wildman–Crippen LogP) is 2.06. The third kappa shape index (κ3) is 2.80. The van der Waals surface area contributed by atoms with Crippen molar-refractivity contribution in [3.8, 4) is 5.75 Å². The van der Waals surface area contributed by atoms with Gasteiger partial charge in [0.1, 0.15) is 18.1 Å². The standard InChI is InChI=1S/C12H14O3/c13-8-10-3-1-4-11(7-10)15-12-5-2-6-14-9-12/h1,3-4,7-8,12H,2,5-6,9H2. The average Bonchev–Trinajstić information content (AvgIpc) is 2.31. The number of ether oxygens (including phenoxy) is 2. The van der Waals surface area contributed by atoms with Crippen LogP contribution in [-0.2, 0) is 4.74 Å². The lowest BCUT2D eigenvalue weighted by Gasteiger charge is -2.23. The molecule has 1 fully saturated rings. The minimum atomic E-state index is 0.126. The summed E-state index contributed by atoms with van der Waals surface area (Å²) < 4.78 is 11.0. The SMILES string of the molecule is O=Cc1cccc(OC2CCCOC2)c1. The lowest BCUT2D eigenvalue weighted by molar-refractivity contribution is 0.00741. The van der Waals surface area contributed by atoms with Gasteiger partial charge in [-0.05, 0) is 25.0 Å². The molecule has 3 nitrogen and oxygen atoms in total. The maximum Gasteiger partial charge on any atom is 0.150 e. The number of carbonyl (C=O) groups is 1. The number of benzene rings is 1. The zero-order valence-corrected chi connectivity index (χ0v) is 8.52. The number of hydrogen-bond donors (Lipinski definition) is 0. The van der Waals surface area contributed by atoms with Crippen LogP contribution in [0.4, 0.5) is 0 Å². The predicted molar refractivity (Wildman–Crippen MR) is 56.3 cm³/mol. The van der Waals surface area contributed by atoms with Crippen LogP contribution in [0, 0.1) is 0 Å². The Hall–Kier alpha value is -1.35. The first kappa shape index (κ1) is 10.2. The van der Waals surface area contributed by atoms with Gasteiger partial charge in [-0.2, -0.15) is 0 Å². The normalized spacial score (nSPS) is 20.9. The summed E-state index contributed by atoms with van der Waals surface area (Å²) in [7, 11) is 0. The van der Waals surface area contributed by atoms with E-state index in [1.54, 1.807) is 12.1 Å². The molecule has 0 N–H and O–H groups in total. The first-order valence-electron chi connectivity index (χ1n) is 5.18. The molecule has 0 radical (unpaired) electrons. The van der Waals surface area contributed by atoms with E-state index in [4.69, 9.17) is 9.47 Å². The van der Waals surface area contributed by atoms with Gasteiger partial charge in [-0.1, -0.05) is 12.1 Å². The zero-order valence-electron chi connectivity index (χ0n) is 8.52. The molecule has 1 aliphatic rings. The van der Waals surface area contributed by atoms with E-state index in [1.165, 1.54) is 0 Å². The van der Waals surface area contributed by atoms with Crippen LogP contribution < -0.4 is 4.74 Å². The molecular weight excluding hydrogens is 192 g/mol. The van der Waals surface area contributed by atoms with E-state index in [0.717, 1.165) is 31.5 Å². The largest absolute Gasteiger partial charge is 0.488 e. The molecule has 0 saturated carbocycles. The molecule has 2 rings (SSSR count). The Morgan fingerprint density at radius 1 is 1.47 bits per heavy atom. The summed E-state index contributed by atoms with van der Waals surface area (Å²) in [4.78, 5) is 10.6. The van der Waals surface area contributed by atoms with Crippen LogP contribution in [0.5, 0.6) is 5.75 Å². The van der Waals surface area contributed by atoms with Crippen molar-refractivity contribution < 1.29 is 14.3 Å². The first-order valence-corrected chi connectivity index (χ1v) is 5.18. The maximum absolute atomic E-state index is 10.6. The van der Waals surface area contributed by atoms with Crippen LogP contribution in [0.15, 0.2) is 24.3 Å². The summed E-state index contributed by atoms with van der Waals surface area (Å²) >= 11 is 0. The van der Waals surface area contributed by atoms with Crippen molar-refractivity contribution in [3.05, 3.63) is 29.8 Å². The number of aldehydes is 1. The monoisotopic (exact) mass is 206 g/mol. The van der Waals surface area contributed by atoms with Crippen molar-refractivity contribution in [1.29, 1.82) is 0 Å². The minimum Gasteiger partial charge on any atom is -0.488 e. The molecule has 3 heteroatoms. The Morgan fingerprint density at radius 2 is 2.40 bits per heavy atom. The molecule has 0 bridgehead atoms. The maximum atomic E-state index is 10.6. The molecule has 1 aromatic carbocycles. The molecule has 1 unspecified atom stereocenters. The topological polar surface area (TPSA) is 35.5 Å². The lowest BCUT2D eigenvalue weighted by atomic mass is 10.1. The molecule has 1 atom stereocenters. The molecule has 0 aliphatic carbocycles. The van der Waals surface area contributed by atoms with E-state index >= 15 is 0 Å². The van der Waals surface area contributed by atoms with Gasteiger partial charge in [0.05, 0.1) is 6.61 Å². The molecule has 1 aromatic rings. The number of rotatable bonds is 3. The van der Waals surface area contributed by atoms with Crippen molar-refractivity contribution in [2.24, 2.45) is 0 Å². The molecule has 1 heterocycles. The van der Waals surface area contributed by atoms with Gasteiger partial charge in [0.2, 0.25) is 0 Å². The van der Waals surface area contributed by atoms with Crippen LogP contribution in [0.3, 0.4) is 0 Å². The Kier molecular flexibility index (Phi) is 3.35. The van der Waals surface area contributed by atoms with Gasteiger partial charge in [-0.3, -0.25) is 4.79 Å². The van der Waals surface area contributed by atoms with E-state index in [2.05, 4.69) is 0 Å². The van der Waals surface area contributed by atoms with Crippen molar-refractivity contribution in [1.82, 2.24) is 0 Å². The van der Waals surface area contributed by atoms with E-state index in [0.29, 0.717) is 12.2 Å². The summed E-state index contributed by atoms with van der Waals surface area (Å²) in [6.45, 7) is 1.47. The fourth-order valence-corrected chi connectivity index (χ4v) is 1.66. The fourth-order valence-electron chi connectivity index (χ4n) is 1.66. The highest BCUT2D eigenvalue weighted by Gasteiger charge is 2.15. The minimum absolute atomic E-state index is 0.126. The molecule has 1 saturated heterocycles. The van der Waals surface area contributed by atoms with Crippen LogP contribution in [0.2, 0.25) is 0 Å². The van der Waals surface area contributed by atoms with Gasteiger partial charge < -0.3 is 9.47 Å². The van der Waals surface area contributed by atoms with Crippen LogP contribution in [0.25, 0.3) is 0 Å². The van der Waals surface area contributed by atoms with Crippen molar-refractivity contribution in [2.75, 3.05) is 13.2 Å². The first-order chi connectivity index (χ1) is 7.38. The highest BCUT2D eigenvalue weighted by Crippen LogP contribution is 2.17. The van der Waals surface area contributed by atoms with E-state index in [1.807, 2.05) is 12.1 Å². The van der Waals surface area contributed by atoms with Crippen LogP contribution in [0.1, 0.15) is 23.2 Å². The van der Waals surface area contributed by atoms with E-state index in [-0.39, 0.29) is 6.10 Å². The summed E-state index contributed by atoms with van der Waals surface area (Å²) in [5.74, 6) is 0.745. The quantitative estimate of drug-likeness (QED) is 0.710. The van der Waals surface area contributed by atoms with E-state index in [9.17, 15) is 4.79 Å². The number of hydrogen-bond acceptors (Lipinski definition) is 3. The second kappa shape index (κ2) is 4.94. The smallest absolute Gasteiger partial charge is 0.150 e. The van der Waals surface area contributed by atoms with Crippen molar-refractivity contribution in [2.45, 2.75) is 18.9 Å². The summed E-state index contributed by atoms with van der Waals surface area (Å²) in [5.41, 5.74) is 0.643. The summed E-state index contributed by atoms with van der Waals surface area (Å²) in [6, 6.07) is 7.20. The second-order valence-corrected chi connectivity index (χ2v) is 3.65.